The van der Waals surface area contributed by atoms with Gasteiger partial charge in [-0.3, -0.25) is 9.59 Å². The fraction of sp³-hybridized carbons (Fsp3) is 0.308. The highest BCUT2D eigenvalue weighted by Crippen LogP contribution is 2.28. The van der Waals surface area contributed by atoms with Crippen molar-refractivity contribution in [3.8, 4) is 11.5 Å². The van der Waals surface area contributed by atoms with Gasteiger partial charge in [-0.25, -0.2) is 0 Å². The molecule has 0 radical (unpaired) electrons. The van der Waals surface area contributed by atoms with Crippen LogP contribution >= 0.6 is 11.3 Å². The van der Waals surface area contributed by atoms with Crippen LogP contribution in [-0.2, 0) is 17.8 Å². The Morgan fingerprint density at radius 1 is 1.09 bits per heavy atom. The van der Waals surface area contributed by atoms with Gasteiger partial charge in [0.05, 0.1) is 25.6 Å². The van der Waals surface area contributed by atoms with Crippen molar-refractivity contribution in [2.24, 2.45) is 0 Å². The number of rotatable bonds is 12. The van der Waals surface area contributed by atoms with Crippen molar-refractivity contribution in [1.82, 2.24) is 9.80 Å². The summed E-state index contributed by atoms with van der Waals surface area (Å²) in [5.41, 5.74) is 1.00. The quantitative estimate of drug-likeness (QED) is 0.354. The van der Waals surface area contributed by atoms with Crippen molar-refractivity contribution < 1.29 is 23.5 Å². The van der Waals surface area contributed by atoms with Crippen molar-refractivity contribution in [1.29, 1.82) is 0 Å². The van der Waals surface area contributed by atoms with Gasteiger partial charge in [-0.15, -0.1) is 17.9 Å². The first-order valence-electron chi connectivity index (χ1n) is 10.9. The number of methoxy groups -OCH3 is 2. The average Bonchev–Trinajstić information content (AvgIpc) is 3.52. The Kier molecular flexibility index (Phi) is 8.93. The molecule has 0 fully saturated rings. The second kappa shape index (κ2) is 12.1. The Balaban J connectivity index is 1.76. The molecule has 2 heterocycles. The van der Waals surface area contributed by atoms with E-state index in [1.807, 2.05) is 48.7 Å². The zero-order valence-electron chi connectivity index (χ0n) is 19.8. The molecule has 3 rings (SSSR count). The van der Waals surface area contributed by atoms with E-state index in [-0.39, 0.29) is 24.9 Å². The fourth-order valence-corrected chi connectivity index (χ4v) is 4.24. The van der Waals surface area contributed by atoms with Gasteiger partial charge in [0.1, 0.15) is 18.1 Å². The van der Waals surface area contributed by atoms with Crippen LogP contribution in [0.2, 0.25) is 0 Å². The lowest BCUT2D eigenvalue weighted by atomic mass is 10.1. The molecule has 34 heavy (non-hydrogen) atoms. The number of carbonyl (C=O) groups is 2. The number of benzene rings is 1. The first-order valence-corrected chi connectivity index (χ1v) is 11.8. The summed E-state index contributed by atoms with van der Waals surface area (Å²) in [6.45, 7) is 6.61. The third-order valence-corrected chi connectivity index (χ3v) is 6.17. The van der Waals surface area contributed by atoms with E-state index in [9.17, 15) is 9.59 Å². The highest BCUT2D eigenvalue weighted by molar-refractivity contribution is 7.12. The second-order valence-corrected chi connectivity index (χ2v) is 8.67. The number of ether oxygens (including phenoxy) is 2. The minimum Gasteiger partial charge on any atom is -0.493 e. The summed E-state index contributed by atoms with van der Waals surface area (Å²) in [5.74, 6) is 2.41. The number of hydrogen-bond acceptors (Lipinski definition) is 6. The maximum absolute atomic E-state index is 13.4. The van der Waals surface area contributed by atoms with E-state index in [1.54, 1.807) is 31.3 Å². The summed E-state index contributed by atoms with van der Waals surface area (Å²) in [6.07, 6.45) is 2.23. The highest BCUT2D eigenvalue weighted by atomic mass is 32.1. The summed E-state index contributed by atoms with van der Waals surface area (Å²) in [7, 11) is 3.19. The van der Waals surface area contributed by atoms with Crippen molar-refractivity contribution in [2.45, 2.75) is 19.9 Å². The molecular weight excluding hydrogens is 452 g/mol. The van der Waals surface area contributed by atoms with E-state index in [1.165, 1.54) is 16.2 Å². The molecule has 2 aromatic heterocycles. The molecule has 0 spiro atoms. The fourth-order valence-electron chi connectivity index (χ4n) is 3.54. The van der Waals surface area contributed by atoms with Crippen LogP contribution in [0, 0.1) is 6.92 Å². The lowest BCUT2D eigenvalue weighted by molar-refractivity contribution is -0.132. The van der Waals surface area contributed by atoms with Crippen LogP contribution in [0.3, 0.4) is 0 Å². The summed E-state index contributed by atoms with van der Waals surface area (Å²) in [4.78, 5) is 30.1. The molecule has 0 aliphatic rings. The summed E-state index contributed by atoms with van der Waals surface area (Å²) >= 11 is 1.35. The molecule has 0 aliphatic carbocycles. The first-order chi connectivity index (χ1) is 16.4. The standard InChI is InChI=1S/C26H30N2O5S/c1-5-13-28(26(30)24-7-6-15-34-24)18-25(29)27(17-21-10-8-19(2)33-21)14-12-20-9-11-22(31-3)23(16-20)32-4/h5-11,15-16H,1,12-14,17-18H2,2-4H3. The normalized spacial score (nSPS) is 10.6. The maximum Gasteiger partial charge on any atom is 0.264 e. The zero-order chi connectivity index (χ0) is 24.5. The highest BCUT2D eigenvalue weighted by Gasteiger charge is 2.23. The molecule has 2 amide bonds. The van der Waals surface area contributed by atoms with Crippen molar-refractivity contribution in [3.05, 3.63) is 82.5 Å². The van der Waals surface area contributed by atoms with Crippen molar-refractivity contribution in [3.63, 3.8) is 0 Å². The van der Waals surface area contributed by atoms with Gasteiger partial charge in [-0.1, -0.05) is 18.2 Å². The molecule has 1 aromatic carbocycles. The molecule has 8 heteroatoms. The van der Waals surface area contributed by atoms with Gasteiger partial charge >= 0.3 is 0 Å². The molecule has 180 valence electrons. The number of hydrogen-bond donors (Lipinski definition) is 0. The second-order valence-electron chi connectivity index (χ2n) is 7.72. The number of aryl methyl sites for hydroxylation is 1. The Hall–Kier alpha value is -3.52. The third kappa shape index (κ3) is 6.51. The van der Waals surface area contributed by atoms with E-state index >= 15 is 0 Å². The first kappa shape index (κ1) is 25.1. The number of thiophene rings is 1. The lowest BCUT2D eigenvalue weighted by Gasteiger charge is -2.26. The maximum atomic E-state index is 13.4. The molecule has 0 atom stereocenters. The number of furan rings is 1. The molecule has 0 N–H and O–H groups in total. The summed E-state index contributed by atoms with van der Waals surface area (Å²) in [5, 5.41) is 1.84. The topological polar surface area (TPSA) is 72.2 Å². The van der Waals surface area contributed by atoms with Crippen LogP contribution in [0.5, 0.6) is 11.5 Å². The zero-order valence-corrected chi connectivity index (χ0v) is 20.6. The minimum atomic E-state index is -0.183. The molecule has 0 unspecified atom stereocenters. The van der Waals surface area contributed by atoms with E-state index in [0.717, 1.165) is 11.3 Å². The number of carbonyl (C=O) groups excluding carboxylic acids is 2. The van der Waals surface area contributed by atoms with Gasteiger partial charge in [-0.05, 0) is 54.6 Å². The SMILES string of the molecule is C=CCN(CC(=O)N(CCc1ccc(OC)c(OC)c1)Cc1ccc(C)o1)C(=O)c1cccs1. The van der Waals surface area contributed by atoms with Gasteiger partial charge in [0, 0.05) is 13.1 Å². The van der Waals surface area contributed by atoms with Crippen molar-refractivity contribution in [2.75, 3.05) is 33.9 Å². The summed E-state index contributed by atoms with van der Waals surface area (Å²) < 4.78 is 16.4. The summed E-state index contributed by atoms with van der Waals surface area (Å²) in [6, 6.07) is 13.0. The van der Waals surface area contributed by atoms with Gasteiger partial charge in [0.25, 0.3) is 5.91 Å². The largest absolute Gasteiger partial charge is 0.493 e. The Morgan fingerprint density at radius 2 is 1.88 bits per heavy atom. The monoisotopic (exact) mass is 482 g/mol. The smallest absolute Gasteiger partial charge is 0.264 e. The van der Waals surface area contributed by atoms with E-state index in [4.69, 9.17) is 13.9 Å². The number of amides is 2. The van der Waals surface area contributed by atoms with Crippen LogP contribution < -0.4 is 9.47 Å². The van der Waals surface area contributed by atoms with Crippen LogP contribution in [0.4, 0.5) is 0 Å². The predicted molar refractivity (Wildman–Crippen MR) is 133 cm³/mol. The van der Waals surface area contributed by atoms with Crippen molar-refractivity contribution >= 4 is 23.2 Å². The van der Waals surface area contributed by atoms with Gasteiger partial charge in [-0.2, -0.15) is 0 Å². The minimum absolute atomic E-state index is 0.0472. The van der Waals surface area contributed by atoms with Crippen LogP contribution in [0.25, 0.3) is 0 Å². The average molecular weight is 483 g/mol. The Labute approximate surface area is 204 Å². The predicted octanol–water partition coefficient (Wildman–Crippen LogP) is 4.57. The lowest BCUT2D eigenvalue weighted by Crippen LogP contribution is -2.43. The molecule has 0 aliphatic heterocycles. The van der Waals surface area contributed by atoms with E-state index < -0.39 is 0 Å². The Morgan fingerprint density at radius 3 is 2.50 bits per heavy atom. The van der Waals surface area contributed by atoms with Gasteiger partial charge in [0.15, 0.2) is 11.5 Å². The van der Waals surface area contributed by atoms with Crippen LogP contribution in [0.15, 0.2) is 64.9 Å². The molecule has 0 saturated heterocycles. The molecule has 0 bridgehead atoms. The van der Waals surface area contributed by atoms with Crippen LogP contribution in [0.1, 0.15) is 26.8 Å². The third-order valence-electron chi connectivity index (χ3n) is 5.31. The molecule has 0 saturated carbocycles. The van der Waals surface area contributed by atoms with Gasteiger partial charge < -0.3 is 23.7 Å². The number of nitrogens with zero attached hydrogens (tertiary/aromatic N) is 2. The van der Waals surface area contributed by atoms with Crippen LogP contribution in [-0.4, -0.2) is 55.5 Å². The van der Waals surface area contributed by atoms with Gasteiger partial charge in [0.2, 0.25) is 5.91 Å². The molecular formula is C26H30N2O5S. The Bertz CT molecular complexity index is 1110. The van der Waals surface area contributed by atoms with E-state index in [0.29, 0.717) is 41.6 Å². The molecule has 3 aromatic rings. The molecule has 7 nitrogen and oxygen atoms in total. The van der Waals surface area contributed by atoms with E-state index in [2.05, 4.69) is 6.58 Å².